The van der Waals surface area contributed by atoms with E-state index in [0.717, 1.165) is 12.1 Å². The fraction of sp³-hybridized carbons (Fsp3) is 0.625. The Balaban J connectivity index is 1.74. The maximum atomic E-state index is 10.0. The molecule has 0 amide bonds. The summed E-state index contributed by atoms with van der Waals surface area (Å²) in [5.41, 5.74) is 0.731. The number of aliphatic hydroxyl groups is 1. The molecule has 3 atom stereocenters. The number of nitrogens with one attached hydrogen (secondary N) is 1. The summed E-state index contributed by atoms with van der Waals surface area (Å²) in [5.74, 6) is 0.585. The van der Waals surface area contributed by atoms with Crippen LogP contribution in [0.25, 0.3) is 0 Å². The van der Waals surface area contributed by atoms with Crippen molar-refractivity contribution in [1.29, 1.82) is 0 Å². The number of ether oxygens (including phenoxy) is 1. The van der Waals surface area contributed by atoms with Crippen LogP contribution in [-0.2, 0) is 4.74 Å². The van der Waals surface area contributed by atoms with Crippen LogP contribution in [0.15, 0.2) is 18.2 Å². The third-order valence-electron chi connectivity index (χ3n) is 3.99. The lowest BCUT2D eigenvalue weighted by atomic mass is 9.88. The van der Waals surface area contributed by atoms with E-state index in [9.17, 15) is 5.11 Å². The lowest BCUT2D eigenvalue weighted by Gasteiger charge is -2.29. The van der Waals surface area contributed by atoms with Gasteiger partial charge in [-0.25, -0.2) is 0 Å². The van der Waals surface area contributed by atoms with Gasteiger partial charge in [-0.3, -0.25) is 0 Å². The fourth-order valence-electron chi connectivity index (χ4n) is 2.68. The van der Waals surface area contributed by atoms with Crippen molar-refractivity contribution in [3.05, 3.63) is 28.2 Å². The van der Waals surface area contributed by atoms with Gasteiger partial charge >= 0.3 is 0 Å². The Morgan fingerprint density at radius 1 is 1.33 bits per heavy atom. The molecule has 0 bridgehead atoms. The molecule has 3 nitrogen and oxygen atoms in total. The Morgan fingerprint density at radius 2 is 2.10 bits per heavy atom. The minimum absolute atomic E-state index is 0.281. The molecule has 2 rings (SSSR count). The summed E-state index contributed by atoms with van der Waals surface area (Å²) in [7, 11) is 0. The van der Waals surface area contributed by atoms with Crippen LogP contribution in [0.1, 0.15) is 32.6 Å². The maximum Gasteiger partial charge on any atom is 0.0945 e. The predicted octanol–water partition coefficient (Wildman–Crippen LogP) is 4.36. The number of hydrogen-bond donors (Lipinski definition) is 2. The van der Waals surface area contributed by atoms with Crippen molar-refractivity contribution in [1.82, 2.24) is 0 Å². The smallest absolute Gasteiger partial charge is 0.0945 e. The molecular weight excluding hydrogens is 309 g/mol. The number of rotatable bonds is 6. The molecule has 1 aromatic rings. The first kappa shape index (κ1) is 16.9. The van der Waals surface area contributed by atoms with Crippen molar-refractivity contribution < 1.29 is 9.84 Å². The largest absolute Gasteiger partial charge is 0.389 e. The minimum atomic E-state index is -0.561. The van der Waals surface area contributed by atoms with Crippen LogP contribution in [0, 0.1) is 5.92 Å². The first-order valence-corrected chi connectivity index (χ1v) is 8.30. The fourth-order valence-corrected chi connectivity index (χ4v) is 3.04. The van der Waals surface area contributed by atoms with E-state index in [1.54, 1.807) is 18.2 Å². The van der Waals surface area contributed by atoms with E-state index in [4.69, 9.17) is 27.9 Å². The highest BCUT2D eigenvalue weighted by molar-refractivity contribution is 6.35. The third-order valence-corrected chi connectivity index (χ3v) is 4.56. The second-order valence-electron chi connectivity index (χ2n) is 5.79. The zero-order valence-electron chi connectivity index (χ0n) is 12.3. The van der Waals surface area contributed by atoms with Gasteiger partial charge in [0, 0.05) is 11.6 Å². The third kappa shape index (κ3) is 5.33. The molecule has 2 N–H and O–H groups in total. The Hall–Kier alpha value is -0.480. The molecule has 0 saturated heterocycles. The first-order valence-electron chi connectivity index (χ1n) is 7.55. The van der Waals surface area contributed by atoms with E-state index >= 15 is 0 Å². The highest BCUT2D eigenvalue weighted by Gasteiger charge is 2.22. The van der Waals surface area contributed by atoms with Gasteiger partial charge in [-0.15, -0.1) is 0 Å². The zero-order chi connectivity index (χ0) is 15.2. The molecule has 3 unspecified atom stereocenters. The van der Waals surface area contributed by atoms with E-state index in [-0.39, 0.29) is 6.10 Å². The van der Waals surface area contributed by atoms with Crippen LogP contribution in [0.2, 0.25) is 10.0 Å². The van der Waals surface area contributed by atoms with E-state index < -0.39 is 6.10 Å². The van der Waals surface area contributed by atoms with Crippen LogP contribution < -0.4 is 5.32 Å². The molecule has 1 fully saturated rings. The van der Waals surface area contributed by atoms with Gasteiger partial charge in [0.1, 0.15) is 0 Å². The predicted molar refractivity (Wildman–Crippen MR) is 88.3 cm³/mol. The molecule has 21 heavy (non-hydrogen) atoms. The van der Waals surface area contributed by atoms with Crippen LogP contribution in [-0.4, -0.2) is 30.5 Å². The summed E-state index contributed by atoms with van der Waals surface area (Å²) < 4.78 is 5.85. The quantitative estimate of drug-likeness (QED) is 0.813. The monoisotopic (exact) mass is 331 g/mol. The Morgan fingerprint density at radius 3 is 2.86 bits per heavy atom. The van der Waals surface area contributed by atoms with E-state index in [1.807, 2.05) is 0 Å². The normalized spacial score (nSPS) is 23.8. The van der Waals surface area contributed by atoms with Crippen LogP contribution in [0.5, 0.6) is 0 Å². The van der Waals surface area contributed by atoms with Gasteiger partial charge in [0.15, 0.2) is 0 Å². The van der Waals surface area contributed by atoms with Crippen molar-refractivity contribution in [2.75, 3.05) is 18.5 Å². The Labute approximate surface area is 136 Å². The number of benzene rings is 1. The lowest BCUT2D eigenvalue weighted by molar-refractivity contribution is -0.0424. The highest BCUT2D eigenvalue weighted by atomic mass is 35.5. The van der Waals surface area contributed by atoms with Crippen LogP contribution in [0.3, 0.4) is 0 Å². The summed E-state index contributed by atoms with van der Waals surface area (Å²) in [6.45, 7) is 2.96. The molecular formula is C16H23Cl2NO2. The van der Waals surface area contributed by atoms with E-state index in [1.165, 1.54) is 19.3 Å². The standard InChI is InChI=1S/C16H23Cl2NO2/c1-11-4-2-3-5-16(11)21-10-13(20)9-19-15-8-12(17)6-7-14(15)18/h6-8,11,13,16,19-20H,2-5,9-10H2,1H3. The van der Waals surface area contributed by atoms with E-state index in [0.29, 0.717) is 29.1 Å². The molecule has 118 valence electrons. The maximum absolute atomic E-state index is 10.0. The molecule has 1 aromatic carbocycles. The summed E-state index contributed by atoms with van der Waals surface area (Å²) in [6.07, 6.45) is 4.55. The topological polar surface area (TPSA) is 41.5 Å². The molecule has 5 heteroatoms. The molecule has 0 spiro atoms. The van der Waals surface area contributed by atoms with Crippen molar-refractivity contribution in [2.45, 2.75) is 44.8 Å². The van der Waals surface area contributed by atoms with Gasteiger partial charge in [-0.2, -0.15) is 0 Å². The second-order valence-corrected chi connectivity index (χ2v) is 6.64. The van der Waals surface area contributed by atoms with Crippen molar-refractivity contribution >= 4 is 28.9 Å². The second kappa shape index (κ2) is 8.23. The SMILES string of the molecule is CC1CCCCC1OCC(O)CNc1cc(Cl)ccc1Cl. The van der Waals surface area contributed by atoms with Crippen molar-refractivity contribution in [3.63, 3.8) is 0 Å². The van der Waals surface area contributed by atoms with Gasteiger partial charge in [-0.1, -0.05) is 43.0 Å². The number of anilines is 1. The van der Waals surface area contributed by atoms with Crippen LogP contribution in [0.4, 0.5) is 5.69 Å². The summed E-state index contributed by atoms with van der Waals surface area (Å²) in [5, 5.41) is 14.3. The molecule has 0 radical (unpaired) electrons. The summed E-state index contributed by atoms with van der Waals surface area (Å²) in [4.78, 5) is 0. The summed E-state index contributed by atoms with van der Waals surface area (Å²) >= 11 is 12.0. The van der Waals surface area contributed by atoms with Crippen molar-refractivity contribution in [2.24, 2.45) is 5.92 Å². The molecule has 0 heterocycles. The Kier molecular flexibility index (Phi) is 6.62. The number of halogens is 2. The number of aliphatic hydroxyl groups excluding tert-OH is 1. The number of hydrogen-bond acceptors (Lipinski definition) is 3. The molecule has 1 aliphatic rings. The van der Waals surface area contributed by atoms with Crippen molar-refractivity contribution in [3.8, 4) is 0 Å². The van der Waals surface area contributed by atoms with E-state index in [2.05, 4.69) is 12.2 Å². The average Bonchev–Trinajstić information content (AvgIpc) is 2.47. The Bertz CT molecular complexity index is 456. The van der Waals surface area contributed by atoms with Gasteiger partial charge in [-0.05, 0) is 37.0 Å². The van der Waals surface area contributed by atoms with Gasteiger partial charge in [0.25, 0.3) is 0 Å². The van der Waals surface area contributed by atoms with Crippen LogP contribution >= 0.6 is 23.2 Å². The average molecular weight is 332 g/mol. The molecule has 0 aromatic heterocycles. The highest BCUT2D eigenvalue weighted by Crippen LogP contribution is 2.27. The van der Waals surface area contributed by atoms with Gasteiger partial charge in [0.2, 0.25) is 0 Å². The van der Waals surface area contributed by atoms with Gasteiger partial charge < -0.3 is 15.2 Å². The minimum Gasteiger partial charge on any atom is -0.389 e. The summed E-state index contributed by atoms with van der Waals surface area (Å²) in [6, 6.07) is 5.22. The zero-order valence-corrected chi connectivity index (χ0v) is 13.8. The van der Waals surface area contributed by atoms with Gasteiger partial charge in [0.05, 0.1) is 29.5 Å². The molecule has 0 aliphatic heterocycles. The molecule has 1 aliphatic carbocycles. The molecule has 1 saturated carbocycles. The lowest BCUT2D eigenvalue weighted by Crippen LogP contribution is -2.32. The first-order chi connectivity index (χ1) is 10.1.